The fourth-order valence-corrected chi connectivity index (χ4v) is 4.24. The van der Waals surface area contributed by atoms with Crippen molar-refractivity contribution in [3.8, 4) is 11.1 Å². The molecule has 0 radical (unpaired) electrons. The zero-order valence-electron chi connectivity index (χ0n) is 14.0. The van der Waals surface area contributed by atoms with E-state index >= 15 is 0 Å². The van der Waals surface area contributed by atoms with Gasteiger partial charge in [-0.15, -0.1) is 0 Å². The smallest absolute Gasteiger partial charge is 0.254 e. The number of nitrogens with zero attached hydrogens (tertiary/aromatic N) is 2. The van der Waals surface area contributed by atoms with Gasteiger partial charge in [0.15, 0.2) is 5.16 Å². The summed E-state index contributed by atoms with van der Waals surface area (Å²) in [5, 5.41) is 3.68. The van der Waals surface area contributed by atoms with Crippen LogP contribution in [0, 0.1) is 0 Å². The molecule has 0 spiro atoms. The first kappa shape index (κ1) is 16.6. The van der Waals surface area contributed by atoms with E-state index in [1.165, 1.54) is 24.0 Å². The first-order valence-corrected chi connectivity index (χ1v) is 9.35. The van der Waals surface area contributed by atoms with Gasteiger partial charge in [-0.05, 0) is 11.6 Å². The number of carbonyl (C=O) groups excluding carboxylic acids is 1. The predicted molar refractivity (Wildman–Crippen MR) is 103 cm³/mol. The van der Waals surface area contributed by atoms with Crippen LogP contribution in [0.5, 0.6) is 0 Å². The van der Waals surface area contributed by atoms with E-state index in [9.17, 15) is 9.59 Å². The van der Waals surface area contributed by atoms with Gasteiger partial charge in [-0.2, -0.15) is 0 Å². The van der Waals surface area contributed by atoms with Crippen molar-refractivity contribution in [3.05, 3.63) is 77.2 Å². The van der Waals surface area contributed by atoms with Crippen molar-refractivity contribution in [2.45, 2.75) is 17.6 Å². The van der Waals surface area contributed by atoms with Gasteiger partial charge in [-0.3, -0.25) is 14.2 Å². The van der Waals surface area contributed by atoms with Crippen molar-refractivity contribution in [1.29, 1.82) is 0 Å². The molecule has 6 heteroatoms. The number of amides is 1. The number of aromatic nitrogens is 2. The SMILES string of the molecule is O=C(CC1CSc2nccc(=O)n21)Nc1ccccc1-c1ccccc1. The topological polar surface area (TPSA) is 64.0 Å². The number of benzene rings is 2. The summed E-state index contributed by atoms with van der Waals surface area (Å²) < 4.78 is 1.62. The second-order valence-electron chi connectivity index (χ2n) is 6.06. The van der Waals surface area contributed by atoms with Crippen LogP contribution in [0.15, 0.2) is 76.8 Å². The summed E-state index contributed by atoms with van der Waals surface area (Å²) in [4.78, 5) is 28.9. The van der Waals surface area contributed by atoms with Gasteiger partial charge in [0.2, 0.25) is 5.91 Å². The zero-order valence-corrected chi connectivity index (χ0v) is 14.8. The number of hydrogen-bond donors (Lipinski definition) is 1. The van der Waals surface area contributed by atoms with Crippen LogP contribution in [-0.4, -0.2) is 21.2 Å². The number of carbonyl (C=O) groups is 1. The summed E-state index contributed by atoms with van der Waals surface area (Å²) in [5.74, 6) is 0.572. The van der Waals surface area contributed by atoms with Crippen LogP contribution >= 0.6 is 11.8 Å². The number of fused-ring (bicyclic) bond motifs is 1. The van der Waals surface area contributed by atoms with Gasteiger partial charge in [-0.1, -0.05) is 60.3 Å². The van der Waals surface area contributed by atoms with Gasteiger partial charge in [-0.25, -0.2) is 4.98 Å². The molecular weight excluding hydrogens is 346 g/mol. The van der Waals surface area contributed by atoms with E-state index in [1.807, 2.05) is 54.6 Å². The molecule has 4 rings (SSSR count). The lowest BCUT2D eigenvalue weighted by Gasteiger charge is -2.15. The molecule has 0 saturated carbocycles. The maximum Gasteiger partial charge on any atom is 0.254 e. The van der Waals surface area contributed by atoms with E-state index < -0.39 is 0 Å². The van der Waals surface area contributed by atoms with E-state index in [0.29, 0.717) is 10.9 Å². The van der Waals surface area contributed by atoms with Gasteiger partial charge in [0.05, 0.1) is 6.04 Å². The molecule has 1 aliphatic rings. The van der Waals surface area contributed by atoms with E-state index in [-0.39, 0.29) is 23.9 Å². The first-order valence-electron chi connectivity index (χ1n) is 8.37. The highest BCUT2D eigenvalue weighted by Crippen LogP contribution is 2.32. The molecule has 3 aromatic rings. The number of para-hydroxylation sites is 1. The Labute approximate surface area is 155 Å². The average Bonchev–Trinajstić information content (AvgIpc) is 3.07. The van der Waals surface area contributed by atoms with Crippen molar-refractivity contribution in [3.63, 3.8) is 0 Å². The summed E-state index contributed by atoms with van der Waals surface area (Å²) >= 11 is 1.51. The van der Waals surface area contributed by atoms with Crippen molar-refractivity contribution < 1.29 is 4.79 Å². The lowest BCUT2D eigenvalue weighted by atomic mass is 10.0. The third-order valence-electron chi connectivity index (χ3n) is 4.32. The van der Waals surface area contributed by atoms with E-state index in [4.69, 9.17) is 0 Å². The molecule has 26 heavy (non-hydrogen) atoms. The molecule has 1 aliphatic heterocycles. The van der Waals surface area contributed by atoms with Gasteiger partial charge in [0.25, 0.3) is 5.56 Å². The third kappa shape index (κ3) is 3.28. The monoisotopic (exact) mass is 363 g/mol. The van der Waals surface area contributed by atoms with Crippen LogP contribution < -0.4 is 10.9 Å². The van der Waals surface area contributed by atoms with E-state index in [2.05, 4.69) is 10.3 Å². The average molecular weight is 363 g/mol. The van der Waals surface area contributed by atoms with E-state index in [0.717, 1.165) is 16.8 Å². The first-order chi connectivity index (χ1) is 12.7. The number of anilines is 1. The van der Waals surface area contributed by atoms with Crippen LogP contribution in [0.3, 0.4) is 0 Å². The Bertz CT molecular complexity index is 1000. The molecule has 1 unspecified atom stereocenters. The number of nitrogens with one attached hydrogen (secondary N) is 1. The molecule has 0 fully saturated rings. The lowest BCUT2D eigenvalue weighted by molar-refractivity contribution is -0.116. The highest BCUT2D eigenvalue weighted by atomic mass is 32.2. The maximum atomic E-state index is 12.6. The van der Waals surface area contributed by atoms with Crippen molar-refractivity contribution in [2.24, 2.45) is 0 Å². The highest BCUT2D eigenvalue weighted by molar-refractivity contribution is 7.99. The minimum Gasteiger partial charge on any atom is -0.325 e. The highest BCUT2D eigenvalue weighted by Gasteiger charge is 2.26. The molecule has 1 aromatic heterocycles. The Kier molecular flexibility index (Phi) is 4.58. The summed E-state index contributed by atoms with van der Waals surface area (Å²) in [6.07, 6.45) is 1.76. The second kappa shape index (κ2) is 7.17. The quantitative estimate of drug-likeness (QED) is 0.720. The third-order valence-corrected chi connectivity index (χ3v) is 5.43. The Balaban J connectivity index is 1.54. The Morgan fingerprint density at radius 2 is 1.88 bits per heavy atom. The summed E-state index contributed by atoms with van der Waals surface area (Å²) in [7, 11) is 0. The Hall–Kier alpha value is -2.86. The summed E-state index contributed by atoms with van der Waals surface area (Å²) in [6, 6.07) is 18.9. The van der Waals surface area contributed by atoms with Crippen molar-refractivity contribution >= 4 is 23.4 Å². The molecule has 0 saturated heterocycles. The molecule has 1 N–H and O–H groups in total. The summed E-state index contributed by atoms with van der Waals surface area (Å²) in [6.45, 7) is 0. The van der Waals surface area contributed by atoms with Crippen LogP contribution in [0.1, 0.15) is 12.5 Å². The van der Waals surface area contributed by atoms with Crippen LogP contribution in [0.2, 0.25) is 0 Å². The molecule has 2 heterocycles. The van der Waals surface area contributed by atoms with E-state index in [1.54, 1.807) is 4.57 Å². The van der Waals surface area contributed by atoms with Gasteiger partial charge >= 0.3 is 0 Å². The Morgan fingerprint density at radius 1 is 1.12 bits per heavy atom. The summed E-state index contributed by atoms with van der Waals surface area (Å²) in [5.41, 5.74) is 2.68. The van der Waals surface area contributed by atoms with Crippen molar-refractivity contribution in [2.75, 3.05) is 11.1 Å². The number of rotatable bonds is 4. The predicted octanol–water partition coefficient (Wildman–Crippen LogP) is 3.59. The van der Waals surface area contributed by atoms with Crippen LogP contribution in [0.25, 0.3) is 11.1 Å². The normalized spacial score (nSPS) is 15.5. The molecule has 1 amide bonds. The number of thioether (sulfide) groups is 1. The lowest BCUT2D eigenvalue weighted by Crippen LogP contribution is -2.26. The minimum atomic E-state index is -0.167. The largest absolute Gasteiger partial charge is 0.325 e. The molecule has 0 aliphatic carbocycles. The second-order valence-corrected chi connectivity index (χ2v) is 7.05. The molecule has 0 bridgehead atoms. The zero-order chi connectivity index (χ0) is 17.9. The Morgan fingerprint density at radius 3 is 2.73 bits per heavy atom. The van der Waals surface area contributed by atoms with Crippen LogP contribution in [-0.2, 0) is 4.79 Å². The fraction of sp³-hybridized carbons (Fsp3) is 0.150. The van der Waals surface area contributed by atoms with Gasteiger partial charge < -0.3 is 5.32 Å². The molecular formula is C20H17N3O2S. The fourth-order valence-electron chi connectivity index (χ4n) is 3.12. The molecule has 5 nitrogen and oxygen atoms in total. The molecule has 2 aromatic carbocycles. The number of hydrogen-bond acceptors (Lipinski definition) is 4. The van der Waals surface area contributed by atoms with Gasteiger partial charge in [0.1, 0.15) is 0 Å². The minimum absolute atomic E-state index is 0.109. The van der Waals surface area contributed by atoms with Crippen molar-refractivity contribution in [1.82, 2.24) is 9.55 Å². The standard InChI is InChI=1S/C20H17N3O2S/c24-18(12-15-13-26-20-21-11-10-19(25)23(15)20)22-17-9-5-4-8-16(17)14-6-2-1-3-7-14/h1-11,15H,12-13H2,(H,22,24). The molecule has 1 atom stereocenters. The molecule has 130 valence electrons. The van der Waals surface area contributed by atoms with Crippen LogP contribution in [0.4, 0.5) is 5.69 Å². The maximum absolute atomic E-state index is 12.6. The van der Waals surface area contributed by atoms with Gasteiger partial charge in [0, 0.05) is 35.7 Å².